The fourth-order valence-corrected chi connectivity index (χ4v) is 3.43. The minimum absolute atomic E-state index is 0.0636. The van der Waals surface area contributed by atoms with E-state index < -0.39 is 5.82 Å². The van der Waals surface area contributed by atoms with Crippen LogP contribution in [0.15, 0.2) is 12.1 Å². The van der Waals surface area contributed by atoms with Crippen LogP contribution in [0.2, 0.25) is 10.0 Å². The van der Waals surface area contributed by atoms with Crippen molar-refractivity contribution in [3.05, 3.63) is 28.0 Å². The Morgan fingerprint density at radius 1 is 1.38 bits per heavy atom. The third-order valence-electron chi connectivity index (χ3n) is 2.55. The summed E-state index contributed by atoms with van der Waals surface area (Å²) in [6.45, 7) is 2.21. The van der Waals surface area contributed by atoms with Gasteiger partial charge in [0.2, 0.25) is 0 Å². The molecule has 1 fully saturated rings. The molecule has 1 N–H and O–H groups in total. The third kappa shape index (κ3) is 2.76. The summed E-state index contributed by atoms with van der Waals surface area (Å²) in [4.78, 5) is 0. The second kappa shape index (κ2) is 5.03. The molecule has 0 amide bonds. The summed E-state index contributed by atoms with van der Waals surface area (Å²) in [5, 5.41) is 4.12. The fraction of sp³-hybridized carbons (Fsp3) is 0.455. The maximum absolute atomic E-state index is 13.2. The SMILES string of the molecule is CC1CC(Nc2cc(Cl)c(F)c(Cl)c2)CS1. The molecule has 2 rings (SSSR count). The standard InChI is InChI=1S/C11H12Cl2FNS/c1-6-2-8(5-16-6)15-7-3-9(12)11(14)10(13)4-7/h3-4,6,8,15H,2,5H2,1H3. The lowest BCUT2D eigenvalue weighted by atomic mass is 10.2. The number of anilines is 1. The first-order chi connectivity index (χ1) is 7.56. The van der Waals surface area contributed by atoms with Gasteiger partial charge in [-0.2, -0.15) is 11.8 Å². The number of thioether (sulfide) groups is 1. The van der Waals surface area contributed by atoms with E-state index in [1.807, 2.05) is 11.8 Å². The second-order valence-corrected chi connectivity index (χ2v) is 6.26. The monoisotopic (exact) mass is 279 g/mol. The topological polar surface area (TPSA) is 12.0 Å². The molecule has 0 spiro atoms. The van der Waals surface area contributed by atoms with Crippen LogP contribution >= 0.6 is 35.0 Å². The van der Waals surface area contributed by atoms with Crippen molar-refractivity contribution in [1.82, 2.24) is 0 Å². The lowest BCUT2D eigenvalue weighted by Gasteiger charge is -2.14. The van der Waals surface area contributed by atoms with Crippen molar-refractivity contribution in [2.75, 3.05) is 11.1 Å². The van der Waals surface area contributed by atoms with Gasteiger partial charge in [-0.1, -0.05) is 30.1 Å². The molecule has 1 aromatic rings. The van der Waals surface area contributed by atoms with E-state index in [4.69, 9.17) is 23.2 Å². The average molecular weight is 280 g/mol. The predicted molar refractivity (Wildman–Crippen MR) is 70.4 cm³/mol. The van der Waals surface area contributed by atoms with Gasteiger partial charge in [-0.3, -0.25) is 0 Å². The van der Waals surface area contributed by atoms with Crippen LogP contribution in [0.1, 0.15) is 13.3 Å². The lowest BCUT2D eigenvalue weighted by Crippen LogP contribution is -2.18. The number of halogens is 3. The third-order valence-corrected chi connectivity index (χ3v) is 4.46. The highest BCUT2D eigenvalue weighted by molar-refractivity contribution is 8.00. The number of benzene rings is 1. The van der Waals surface area contributed by atoms with Gasteiger partial charge in [0.15, 0.2) is 5.82 Å². The summed E-state index contributed by atoms with van der Waals surface area (Å²) < 4.78 is 13.2. The van der Waals surface area contributed by atoms with Crippen LogP contribution in [0.5, 0.6) is 0 Å². The quantitative estimate of drug-likeness (QED) is 0.804. The summed E-state index contributed by atoms with van der Waals surface area (Å²) in [6, 6.07) is 3.57. The van der Waals surface area contributed by atoms with Gasteiger partial charge in [-0.15, -0.1) is 0 Å². The highest BCUT2D eigenvalue weighted by Gasteiger charge is 2.22. The van der Waals surface area contributed by atoms with E-state index in [1.165, 1.54) is 0 Å². The fourth-order valence-electron chi connectivity index (χ4n) is 1.79. The Morgan fingerprint density at radius 3 is 2.50 bits per heavy atom. The Kier molecular flexibility index (Phi) is 3.88. The Balaban J connectivity index is 2.10. The zero-order chi connectivity index (χ0) is 11.7. The van der Waals surface area contributed by atoms with Crippen LogP contribution < -0.4 is 5.32 Å². The van der Waals surface area contributed by atoms with Crippen molar-refractivity contribution in [2.45, 2.75) is 24.6 Å². The highest BCUT2D eigenvalue weighted by Crippen LogP contribution is 2.31. The zero-order valence-electron chi connectivity index (χ0n) is 8.77. The molecular formula is C11H12Cl2FNS. The Labute approximate surface area is 109 Å². The molecule has 0 saturated carbocycles. The minimum atomic E-state index is -0.553. The van der Waals surface area contributed by atoms with Crippen molar-refractivity contribution in [1.29, 1.82) is 0 Å². The molecule has 0 aliphatic carbocycles. The van der Waals surface area contributed by atoms with Gasteiger partial charge in [0.1, 0.15) is 0 Å². The summed E-state index contributed by atoms with van der Waals surface area (Å²) in [7, 11) is 0. The Hall–Kier alpha value is -0.120. The molecule has 16 heavy (non-hydrogen) atoms. The van der Waals surface area contributed by atoms with E-state index in [0.717, 1.165) is 17.9 Å². The first-order valence-corrected chi connectivity index (χ1v) is 6.89. The van der Waals surface area contributed by atoms with E-state index >= 15 is 0 Å². The van der Waals surface area contributed by atoms with Crippen LogP contribution in [0.3, 0.4) is 0 Å². The van der Waals surface area contributed by atoms with Gasteiger partial charge in [0.25, 0.3) is 0 Å². The molecule has 0 aromatic heterocycles. The van der Waals surface area contributed by atoms with Crippen LogP contribution in [0.25, 0.3) is 0 Å². The molecule has 1 aliphatic rings. The Morgan fingerprint density at radius 2 is 2.00 bits per heavy atom. The molecule has 1 aliphatic heterocycles. The summed E-state index contributed by atoms with van der Waals surface area (Å²) in [5.74, 6) is 0.511. The summed E-state index contributed by atoms with van der Waals surface area (Å²) in [6.07, 6.45) is 1.11. The average Bonchev–Trinajstić information content (AvgIpc) is 2.60. The highest BCUT2D eigenvalue weighted by atomic mass is 35.5. The maximum Gasteiger partial charge on any atom is 0.160 e. The summed E-state index contributed by atoms with van der Waals surface area (Å²) in [5.41, 5.74) is 0.788. The number of nitrogens with one attached hydrogen (secondary N) is 1. The van der Waals surface area contributed by atoms with Gasteiger partial charge in [-0.05, 0) is 18.6 Å². The summed E-state index contributed by atoms with van der Waals surface area (Å²) >= 11 is 13.4. The van der Waals surface area contributed by atoms with Crippen LogP contribution in [0, 0.1) is 5.82 Å². The number of hydrogen-bond acceptors (Lipinski definition) is 2. The van der Waals surface area contributed by atoms with Crippen LogP contribution in [-0.4, -0.2) is 17.0 Å². The predicted octanol–water partition coefficient (Wildman–Crippen LogP) is 4.44. The van der Waals surface area contributed by atoms with Crippen molar-refractivity contribution in [2.24, 2.45) is 0 Å². The molecule has 1 heterocycles. The normalized spacial score (nSPS) is 24.8. The van der Waals surface area contributed by atoms with Crippen LogP contribution in [-0.2, 0) is 0 Å². The van der Waals surface area contributed by atoms with Gasteiger partial charge in [-0.25, -0.2) is 4.39 Å². The first kappa shape index (κ1) is 12.3. The maximum atomic E-state index is 13.2. The second-order valence-electron chi connectivity index (χ2n) is 3.97. The van der Waals surface area contributed by atoms with Crippen LogP contribution in [0.4, 0.5) is 10.1 Å². The van der Waals surface area contributed by atoms with Crippen molar-refractivity contribution >= 4 is 40.7 Å². The van der Waals surface area contributed by atoms with Gasteiger partial charge in [0, 0.05) is 22.7 Å². The molecule has 0 bridgehead atoms. The molecule has 1 nitrogen and oxygen atoms in total. The van der Waals surface area contributed by atoms with E-state index in [-0.39, 0.29) is 10.0 Å². The number of rotatable bonds is 2. The molecule has 0 radical (unpaired) electrons. The van der Waals surface area contributed by atoms with Crippen molar-refractivity contribution < 1.29 is 4.39 Å². The van der Waals surface area contributed by atoms with E-state index in [0.29, 0.717) is 11.3 Å². The first-order valence-electron chi connectivity index (χ1n) is 5.09. The van der Waals surface area contributed by atoms with E-state index in [2.05, 4.69) is 12.2 Å². The zero-order valence-corrected chi connectivity index (χ0v) is 11.1. The molecule has 2 atom stereocenters. The molecule has 5 heteroatoms. The smallest absolute Gasteiger partial charge is 0.160 e. The Bertz CT molecular complexity index is 377. The molecule has 1 saturated heterocycles. The molecule has 1 aromatic carbocycles. The van der Waals surface area contributed by atoms with Gasteiger partial charge < -0.3 is 5.32 Å². The molecule has 2 unspecified atom stereocenters. The van der Waals surface area contributed by atoms with E-state index in [9.17, 15) is 4.39 Å². The number of hydrogen-bond donors (Lipinski definition) is 1. The van der Waals surface area contributed by atoms with Crippen molar-refractivity contribution in [3.63, 3.8) is 0 Å². The van der Waals surface area contributed by atoms with Gasteiger partial charge in [0.05, 0.1) is 10.0 Å². The largest absolute Gasteiger partial charge is 0.381 e. The van der Waals surface area contributed by atoms with E-state index in [1.54, 1.807) is 12.1 Å². The van der Waals surface area contributed by atoms with Gasteiger partial charge >= 0.3 is 0 Å². The lowest BCUT2D eigenvalue weighted by molar-refractivity contribution is 0.628. The molecular weight excluding hydrogens is 268 g/mol. The van der Waals surface area contributed by atoms with Crippen molar-refractivity contribution in [3.8, 4) is 0 Å². The molecule has 88 valence electrons. The minimum Gasteiger partial charge on any atom is -0.381 e.